The fraction of sp³-hybridized carbons (Fsp3) is 0.538. The van der Waals surface area contributed by atoms with Crippen molar-refractivity contribution in [3.05, 3.63) is 23.8 Å². The Kier molecular flexibility index (Phi) is 5.12. The van der Waals surface area contributed by atoms with Gasteiger partial charge in [-0.2, -0.15) is 0 Å². The first-order valence-electron chi connectivity index (χ1n) is 5.67. The molecule has 1 aromatic carbocycles. The van der Waals surface area contributed by atoms with E-state index in [0.29, 0.717) is 12.5 Å². The minimum absolute atomic E-state index is 0.517. The third-order valence-corrected chi connectivity index (χ3v) is 2.42. The molecule has 0 unspecified atom stereocenters. The van der Waals surface area contributed by atoms with Gasteiger partial charge in [-0.25, -0.2) is 0 Å². The lowest BCUT2D eigenvalue weighted by atomic mass is 10.1. The molecular formula is C13H21NO2. The zero-order valence-corrected chi connectivity index (χ0v) is 10.3. The Morgan fingerprint density at radius 1 is 1.25 bits per heavy atom. The number of benzene rings is 1. The topological polar surface area (TPSA) is 44.5 Å². The largest absolute Gasteiger partial charge is 0.493 e. The van der Waals surface area contributed by atoms with Gasteiger partial charge in [0, 0.05) is 6.54 Å². The van der Waals surface area contributed by atoms with Gasteiger partial charge in [-0.3, -0.25) is 0 Å². The van der Waals surface area contributed by atoms with Crippen LogP contribution in [0.5, 0.6) is 11.5 Å². The molecule has 0 amide bonds. The zero-order chi connectivity index (χ0) is 12.0. The number of rotatable bonds is 6. The SMILES string of the molecule is COc1cc(CN)ccc1OCCC(C)C. The monoisotopic (exact) mass is 223 g/mol. The number of ether oxygens (including phenoxy) is 2. The number of nitrogens with two attached hydrogens (primary N) is 1. The van der Waals surface area contributed by atoms with Crippen molar-refractivity contribution >= 4 is 0 Å². The minimum atomic E-state index is 0.517. The Labute approximate surface area is 97.6 Å². The minimum Gasteiger partial charge on any atom is -0.493 e. The van der Waals surface area contributed by atoms with Crippen molar-refractivity contribution in [2.45, 2.75) is 26.8 Å². The normalized spacial score (nSPS) is 10.6. The molecule has 0 atom stereocenters. The summed E-state index contributed by atoms with van der Waals surface area (Å²) in [5.41, 5.74) is 6.62. The Morgan fingerprint density at radius 3 is 2.56 bits per heavy atom. The quantitative estimate of drug-likeness (QED) is 0.806. The summed E-state index contributed by atoms with van der Waals surface area (Å²) in [5, 5.41) is 0. The standard InChI is InChI=1S/C13H21NO2/c1-10(2)6-7-16-12-5-4-11(9-14)8-13(12)15-3/h4-5,8,10H,6-7,9,14H2,1-3H3. The van der Waals surface area contributed by atoms with Crippen LogP contribution in [0.4, 0.5) is 0 Å². The van der Waals surface area contributed by atoms with E-state index >= 15 is 0 Å². The zero-order valence-electron chi connectivity index (χ0n) is 10.3. The van der Waals surface area contributed by atoms with Crippen molar-refractivity contribution in [3.63, 3.8) is 0 Å². The van der Waals surface area contributed by atoms with Gasteiger partial charge in [0.15, 0.2) is 11.5 Å². The summed E-state index contributed by atoms with van der Waals surface area (Å²) >= 11 is 0. The molecule has 0 fully saturated rings. The molecule has 0 aliphatic carbocycles. The van der Waals surface area contributed by atoms with E-state index in [4.69, 9.17) is 15.2 Å². The Hall–Kier alpha value is -1.22. The first-order valence-corrected chi connectivity index (χ1v) is 5.67. The van der Waals surface area contributed by atoms with E-state index in [0.717, 1.165) is 30.1 Å². The fourth-order valence-electron chi connectivity index (χ4n) is 1.36. The van der Waals surface area contributed by atoms with Crippen LogP contribution in [0.3, 0.4) is 0 Å². The second kappa shape index (κ2) is 6.38. The lowest BCUT2D eigenvalue weighted by molar-refractivity contribution is 0.273. The Morgan fingerprint density at radius 2 is 2.00 bits per heavy atom. The van der Waals surface area contributed by atoms with E-state index in [2.05, 4.69) is 13.8 Å². The molecule has 0 saturated heterocycles. The summed E-state index contributed by atoms with van der Waals surface area (Å²) in [6.45, 7) is 5.59. The first kappa shape index (κ1) is 12.8. The van der Waals surface area contributed by atoms with Crippen LogP contribution in [0.15, 0.2) is 18.2 Å². The molecule has 0 aliphatic rings. The second-order valence-electron chi connectivity index (χ2n) is 4.22. The molecule has 0 aliphatic heterocycles. The van der Waals surface area contributed by atoms with Crippen LogP contribution in [0.1, 0.15) is 25.8 Å². The van der Waals surface area contributed by atoms with Crippen molar-refractivity contribution in [1.82, 2.24) is 0 Å². The molecule has 0 heterocycles. The molecule has 0 bridgehead atoms. The summed E-state index contributed by atoms with van der Waals surface area (Å²) in [4.78, 5) is 0. The van der Waals surface area contributed by atoms with Gasteiger partial charge in [-0.05, 0) is 30.0 Å². The van der Waals surface area contributed by atoms with E-state index in [1.165, 1.54) is 0 Å². The summed E-state index contributed by atoms with van der Waals surface area (Å²) in [7, 11) is 1.64. The lowest BCUT2D eigenvalue weighted by Gasteiger charge is -2.12. The average Bonchev–Trinajstić information content (AvgIpc) is 2.29. The van der Waals surface area contributed by atoms with E-state index in [1.807, 2.05) is 18.2 Å². The average molecular weight is 223 g/mol. The lowest BCUT2D eigenvalue weighted by Crippen LogP contribution is -2.03. The molecule has 0 spiro atoms. The smallest absolute Gasteiger partial charge is 0.161 e. The van der Waals surface area contributed by atoms with E-state index in [9.17, 15) is 0 Å². The van der Waals surface area contributed by atoms with Crippen LogP contribution >= 0.6 is 0 Å². The molecule has 1 aromatic rings. The highest BCUT2D eigenvalue weighted by molar-refractivity contribution is 5.42. The molecule has 0 radical (unpaired) electrons. The highest BCUT2D eigenvalue weighted by Crippen LogP contribution is 2.28. The first-order chi connectivity index (χ1) is 7.67. The van der Waals surface area contributed by atoms with Gasteiger partial charge < -0.3 is 15.2 Å². The van der Waals surface area contributed by atoms with Gasteiger partial charge in [-0.15, -0.1) is 0 Å². The van der Waals surface area contributed by atoms with Crippen LogP contribution in [-0.2, 0) is 6.54 Å². The van der Waals surface area contributed by atoms with E-state index < -0.39 is 0 Å². The van der Waals surface area contributed by atoms with Crippen molar-refractivity contribution in [3.8, 4) is 11.5 Å². The summed E-state index contributed by atoms with van der Waals surface area (Å²) in [6, 6.07) is 5.80. The number of hydrogen-bond donors (Lipinski definition) is 1. The third-order valence-electron chi connectivity index (χ3n) is 2.42. The molecule has 16 heavy (non-hydrogen) atoms. The summed E-state index contributed by atoms with van der Waals surface area (Å²) in [5.74, 6) is 2.20. The van der Waals surface area contributed by atoms with Crippen molar-refractivity contribution in [2.24, 2.45) is 11.7 Å². The predicted octanol–water partition coefficient (Wildman–Crippen LogP) is 2.58. The van der Waals surface area contributed by atoms with Crippen LogP contribution in [0, 0.1) is 5.92 Å². The summed E-state index contributed by atoms with van der Waals surface area (Å²) in [6.07, 6.45) is 1.04. The molecular weight excluding hydrogens is 202 g/mol. The molecule has 3 heteroatoms. The second-order valence-corrected chi connectivity index (χ2v) is 4.22. The Bertz CT molecular complexity index is 324. The van der Waals surface area contributed by atoms with Gasteiger partial charge in [0.25, 0.3) is 0 Å². The maximum Gasteiger partial charge on any atom is 0.161 e. The Balaban J connectivity index is 2.64. The van der Waals surface area contributed by atoms with Gasteiger partial charge in [0.05, 0.1) is 13.7 Å². The van der Waals surface area contributed by atoms with Crippen LogP contribution in [0.25, 0.3) is 0 Å². The van der Waals surface area contributed by atoms with Crippen molar-refractivity contribution < 1.29 is 9.47 Å². The van der Waals surface area contributed by atoms with Crippen molar-refractivity contribution in [1.29, 1.82) is 0 Å². The molecule has 0 saturated carbocycles. The van der Waals surface area contributed by atoms with Gasteiger partial charge >= 0.3 is 0 Å². The van der Waals surface area contributed by atoms with Gasteiger partial charge in [-0.1, -0.05) is 19.9 Å². The maximum atomic E-state index is 5.67. The number of methoxy groups -OCH3 is 1. The van der Waals surface area contributed by atoms with Crippen LogP contribution in [0.2, 0.25) is 0 Å². The predicted molar refractivity (Wildman–Crippen MR) is 65.8 cm³/mol. The van der Waals surface area contributed by atoms with E-state index in [1.54, 1.807) is 7.11 Å². The number of hydrogen-bond acceptors (Lipinski definition) is 3. The van der Waals surface area contributed by atoms with Gasteiger partial charge in [0.2, 0.25) is 0 Å². The molecule has 90 valence electrons. The fourth-order valence-corrected chi connectivity index (χ4v) is 1.36. The van der Waals surface area contributed by atoms with Crippen LogP contribution < -0.4 is 15.2 Å². The summed E-state index contributed by atoms with van der Waals surface area (Å²) < 4.78 is 10.9. The molecule has 3 nitrogen and oxygen atoms in total. The third kappa shape index (κ3) is 3.74. The van der Waals surface area contributed by atoms with Crippen LogP contribution in [-0.4, -0.2) is 13.7 Å². The molecule has 2 N–H and O–H groups in total. The van der Waals surface area contributed by atoms with Gasteiger partial charge in [0.1, 0.15) is 0 Å². The molecule has 1 rings (SSSR count). The van der Waals surface area contributed by atoms with E-state index in [-0.39, 0.29) is 0 Å². The maximum absolute atomic E-state index is 5.67. The van der Waals surface area contributed by atoms with Crippen molar-refractivity contribution in [2.75, 3.05) is 13.7 Å². The molecule has 0 aromatic heterocycles. The highest BCUT2D eigenvalue weighted by atomic mass is 16.5. The highest BCUT2D eigenvalue weighted by Gasteiger charge is 2.05.